The third kappa shape index (κ3) is 3.64. The van der Waals surface area contributed by atoms with Gasteiger partial charge < -0.3 is 9.84 Å². The van der Waals surface area contributed by atoms with Crippen molar-refractivity contribution < 1.29 is 18.5 Å². The zero-order chi connectivity index (χ0) is 21.3. The smallest absolute Gasteiger partial charge is 0.239 e. The number of aromatic nitrogens is 1. The summed E-state index contributed by atoms with van der Waals surface area (Å²) >= 11 is 0. The molecule has 2 heterocycles. The minimum Gasteiger partial charge on any atom is -0.356 e. The van der Waals surface area contributed by atoms with Gasteiger partial charge in [0.15, 0.2) is 17.1 Å². The number of amides is 1. The highest BCUT2D eigenvalue weighted by Crippen LogP contribution is 2.31. The summed E-state index contributed by atoms with van der Waals surface area (Å²) in [6, 6.07) is 15.7. The lowest BCUT2D eigenvalue weighted by Crippen LogP contribution is -2.54. The minimum absolute atomic E-state index is 0.0659. The van der Waals surface area contributed by atoms with Gasteiger partial charge in [0.1, 0.15) is 5.82 Å². The molecule has 0 aliphatic carbocycles. The van der Waals surface area contributed by atoms with Crippen molar-refractivity contribution in [3.8, 4) is 11.3 Å². The number of carbonyl (C=O) groups is 2. The molecule has 2 N–H and O–H groups in total. The van der Waals surface area contributed by atoms with Crippen molar-refractivity contribution in [2.45, 2.75) is 32.0 Å². The number of nitrogens with zero attached hydrogens (tertiary/aromatic N) is 1. The first-order valence-corrected chi connectivity index (χ1v) is 9.82. The van der Waals surface area contributed by atoms with Gasteiger partial charge >= 0.3 is 0 Å². The van der Waals surface area contributed by atoms with Gasteiger partial charge in [-0.05, 0) is 36.6 Å². The van der Waals surface area contributed by atoms with E-state index >= 15 is 0 Å². The van der Waals surface area contributed by atoms with E-state index in [0.717, 1.165) is 0 Å². The molecule has 1 aliphatic rings. The molecule has 7 heteroatoms. The van der Waals surface area contributed by atoms with Gasteiger partial charge in [-0.1, -0.05) is 49.3 Å². The molecule has 0 spiro atoms. The molecular formula is C23H22FN3O3. The fourth-order valence-corrected chi connectivity index (χ4v) is 3.69. The van der Waals surface area contributed by atoms with Crippen molar-refractivity contribution in [1.82, 2.24) is 15.8 Å². The topological polar surface area (TPSA) is 84.2 Å². The van der Waals surface area contributed by atoms with Crippen LogP contribution in [0, 0.1) is 11.7 Å². The highest BCUT2D eigenvalue weighted by Gasteiger charge is 2.51. The van der Waals surface area contributed by atoms with Crippen LogP contribution in [0.4, 0.5) is 4.39 Å². The van der Waals surface area contributed by atoms with Crippen LogP contribution in [-0.4, -0.2) is 22.9 Å². The van der Waals surface area contributed by atoms with Gasteiger partial charge in [0, 0.05) is 17.2 Å². The van der Waals surface area contributed by atoms with Crippen LogP contribution in [0.15, 0.2) is 65.2 Å². The lowest BCUT2D eigenvalue weighted by molar-refractivity contribution is -0.121. The van der Waals surface area contributed by atoms with Gasteiger partial charge in [-0.15, -0.1) is 0 Å². The highest BCUT2D eigenvalue weighted by atomic mass is 19.1. The summed E-state index contributed by atoms with van der Waals surface area (Å²) in [7, 11) is 0. The maximum Gasteiger partial charge on any atom is 0.239 e. The Morgan fingerprint density at radius 3 is 2.53 bits per heavy atom. The maximum atomic E-state index is 13.6. The Hall–Kier alpha value is -3.32. The van der Waals surface area contributed by atoms with Crippen LogP contribution in [0.2, 0.25) is 0 Å². The fraction of sp³-hybridized carbons (Fsp3) is 0.261. The third-order valence-electron chi connectivity index (χ3n) is 5.14. The quantitative estimate of drug-likeness (QED) is 0.610. The van der Waals surface area contributed by atoms with Crippen LogP contribution in [0.1, 0.15) is 36.3 Å². The van der Waals surface area contributed by atoms with Crippen molar-refractivity contribution in [2.24, 2.45) is 5.92 Å². The van der Waals surface area contributed by atoms with Crippen molar-refractivity contribution >= 4 is 11.7 Å². The van der Waals surface area contributed by atoms with Crippen molar-refractivity contribution in [1.29, 1.82) is 0 Å². The molecule has 1 amide bonds. The van der Waals surface area contributed by atoms with Crippen LogP contribution in [-0.2, 0) is 10.5 Å². The highest BCUT2D eigenvalue weighted by molar-refractivity contribution is 6.06. The molecule has 3 aromatic rings. The van der Waals surface area contributed by atoms with E-state index in [1.165, 1.54) is 18.2 Å². The molecule has 30 heavy (non-hydrogen) atoms. The summed E-state index contributed by atoms with van der Waals surface area (Å²) in [6.07, 6.45) is 0.591. The Morgan fingerprint density at radius 1 is 1.17 bits per heavy atom. The van der Waals surface area contributed by atoms with Gasteiger partial charge in [-0.2, -0.15) is 0 Å². The second-order valence-electron chi connectivity index (χ2n) is 7.84. The molecule has 0 unspecified atom stereocenters. The van der Waals surface area contributed by atoms with Gasteiger partial charge in [-0.3, -0.25) is 14.9 Å². The predicted octanol–water partition coefficient (Wildman–Crippen LogP) is 3.65. The van der Waals surface area contributed by atoms with Gasteiger partial charge in [0.2, 0.25) is 11.7 Å². The summed E-state index contributed by atoms with van der Waals surface area (Å²) in [5, 5.41) is 10.0. The van der Waals surface area contributed by atoms with Crippen LogP contribution < -0.4 is 10.6 Å². The second-order valence-corrected chi connectivity index (χ2v) is 7.84. The Kier molecular flexibility index (Phi) is 5.22. The summed E-state index contributed by atoms with van der Waals surface area (Å²) in [5.74, 6) is -0.420. The fourth-order valence-electron chi connectivity index (χ4n) is 3.69. The van der Waals surface area contributed by atoms with E-state index in [1.54, 1.807) is 36.4 Å². The number of benzene rings is 2. The van der Waals surface area contributed by atoms with Crippen LogP contribution in [0.5, 0.6) is 0 Å². The number of rotatable bonds is 6. The molecule has 154 valence electrons. The minimum atomic E-state index is -1.44. The van der Waals surface area contributed by atoms with E-state index < -0.39 is 17.5 Å². The van der Waals surface area contributed by atoms with E-state index in [1.807, 2.05) is 19.9 Å². The molecule has 2 atom stereocenters. The molecular weight excluding hydrogens is 385 g/mol. The Morgan fingerprint density at radius 2 is 1.87 bits per heavy atom. The third-order valence-corrected chi connectivity index (χ3v) is 5.14. The number of hydrogen-bond acceptors (Lipinski definition) is 5. The first kappa shape index (κ1) is 20.0. The number of carbonyl (C=O) groups excluding carboxylic acids is 2. The summed E-state index contributed by atoms with van der Waals surface area (Å²) < 4.78 is 18.5. The molecule has 0 radical (unpaired) electrons. The number of halogens is 1. The van der Waals surface area contributed by atoms with E-state index in [2.05, 4.69) is 15.8 Å². The number of hydrogen-bond donors (Lipinski definition) is 2. The molecule has 6 nitrogen and oxygen atoms in total. The summed E-state index contributed by atoms with van der Waals surface area (Å²) in [6.45, 7) is 4.04. The average molecular weight is 407 g/mol. The zero-order valence-electron chi connectivity index (χ0n) is 16.7. The molecule has 4 rings (SSSR count). The average Bonchev–Trinajstić information content (AvgIpc) is 3.34. The number of ketones is 1. The molecule has 1 aliphatic heterocycles. The summed E-state index contributed by atoms with van der Waals surface area (Å²) in [5.41, 5.74) is -0.163. The summed E-state index contributed by atoms with van der Waals surface area (Å²) in [4.78, 5) is 26.3. The lowest BCUT2D eigenvalue weighted by atomic mass is 9.93. The molecule has 1 fully saturated rings. The molecule has 2 aromatic carbocycles. The monoisotopic (exact) mass is 407 g/mol. The van der Waals surface area contributed by atoms with Crippen LogP contribution in [0.3, 0.4) is 0 Å². The van der Waals surface area contributed by atoms with E-state index in [0.29, 0.717) is 23.3 Å². The molecule has 0 saturated carbocycles. The molecule has 1 saturated heterocycles. The first-order chi connectivity index (χ1) is 14.4. The standard InChI is InChI=1S/C23H22FN3O3/c1-14(2)12-19-22(29)26-23(25-19,16-6-4-3-5-7-16)21(28)18-13-20(30-27-18)15-8-10-17(24)11-9-15/h3-11,13-14,19,25H,12H2,1-2H3,(H,26,29)/t19-,23-/m0/s1. The number of Topliss-reactive ketones (excluding diaryl/α,β-unsaturated/α-hetero) is 1. The predicted molar refractivity (Wildman–Crippen MR) is 109 cm³/mol. The first-order valence-electron chi connectivity index (χ1n) is 9.82. The van der Waals surface area contributed by atoms with E-state index in [4.69, 9.17) is 4.52 Å². The SMILES string of the molecule is CC(C)C[C@@H]1N[C@@](C(=O)c2cc(-c3ccc(F)cc3)on2)(c2ccccc2)NC1=O. The second kappa shape index (κ2) is 7.84. The zero-order valence-corrected chi connectivity index (χ0v) is 16.7. The van der Waals surface area contributed by atoms with Crippen LogP contribution >= 0.6 is 0 Å². The Balaban J connectivity index is 1.71. The van der Waals surface area contributed by atoms with Crippen molar-refractivity contribution in [3.63, 3.8) is 0 Å². The normalized spacial score (nSPS) is 21.1. The van der Waals surface area contributed by atoms with E-state index in [-0.39, 0.29) is 23.3 Å². The molecule has 0 bridgehead atoms. The van der Waals surface area contributed by atoms with Crippen molar-refractivity contribution in [2.75, 3.05) is 0 Å². The largest absolute Gasteiger partial charge is 0.356 e. The Bertz CT molecular complexity index is 1060. The van der Waals surface area contributed by atoms with Gasteiger partial charge in [0.25, 0.3) is 0 Å². The maximum absolute atomic E-state index is 13.6. The van der Waals surface area contributed by atoms with Gasteiger partial charge in [-0.25, -0.2) is 4.39 Å². The van der Waals surface area contributed by atoms with E-state index in [9.17, 15) is 14.0 Å². The Labute approximate surface area is 173 Å². The lowest BCUT2D eigenvalue weighted by Gasteiger charge is -2.28. The molecule has 1 aromatic heterocycles. The number of nitrogens with one attached hydrogen (secondary N) is 2. The van der Waals surface area contributed by atoms with Crippen molar-refractivity contribution in [3.05, 3.63) is 77.7 Å². The van der Waals surface area contributed by atoms with Gasteiger partial charge in [0.05, 0.1) is 6.04 Å². The van der Waals surface area contributed by atoms with Crippen LogP contribution in [0.25, 0.3) is 11.3 Å².